The first-order chi connectivity index (χ1) is 11.5. The lowest BCUT2D eigenvalue weighted by Crippen LogP contribution is -2.30. The van der Waals surface area contributed by atoms with Gasteiger partial charge in [0.25, 0.3) is 0 Å². The Kier molecular flexibility index (Phi) is 4.34. The van der Waals surface area contributed by atoms with Gasteiger partial charge in [0.15, 0.2) is 11.7 Å². The molecule has 1 N–H and O–H groups in total. The first-order valence-corrected chi connectivity index (χ1v) is 8.15. The number of aromatic amines is 1. The van der Waals surface area contributed by atoms with Gasteiger partial charge in [-0.05, 0) is 18.1 Å². The Hall–Kier alpha value is -2.68. The van der Waals surface area contributed by atoms with E-state index in [0.717, 1.165) is 11.0 Å². The summed E-state index contributed by atoms with van der Waals surface area (Å²) in [5.41, 5.74) is 1.52. The zero-order valence-electron chi connectivity index (χ0n) is 13.8. The van der Waals surface area contributed by atoms with E-state index >= 15 is 0 Å². The van der Waals surface area contributed by atoms with Crippen LogP contribution in [0.25, 0.3) is 11.0 Å². The molecule has 2 heterocycles. The summed E-state index contributed by atoms with van der Waals surface area (Å²) in [4.78, 5) is 34.0. The number of imidazole rings is 1. The van der Waals surface area contributed by atoms with Crippen molar-refractivity contribution in [2.45, 2.75) is 26.2 Å². The standard InChI is InChI=1S/C18H20N4O2/c1-11(2)9-22-10-12(7-16(22)23)17(24)13(8-19)18-20-14-5-3-4-6-15(14)21-18/h3-6,11-13H,7,9-10H2,1-2H3,(H,20,21)/t12-,13+/m0/s1. The van der Waals surface area contributed by atoms with Gasteiger partial charge in [0, 0.05) is 25.4 Å². The molecule has 3 rings (SSSR count). The summed E-state index contributed by atoms with van der Waals surface area (Å²) in [6.45, 7) is 5.11. The number of likely N-dealkylation sites (tertiary alicyclic amines) is 1. The second kappa shape index (κ2) is 6.44. The van der Waals surface area contributed by atoms with Crippen molar-refractivity contribution in [3.63, 3.8) is 0 Å². The highest BCUT2D eigenvalue weighted by molar-refractivity contribution is 5.95. The summed E-state index contributed by atoms with van der Waals surface area (Å²) in [6, 6.07) is 9.46. The van der Waals surface area contributed by atoms with E-state index in [0.29, 0.717) is 24.8 Å². The lowest BCUT2D eigenvalue weighted by Gasteiger charge is -2.18. The molecule has 6 nitrogen and oxygen atoms in total. The number of aromatic nitrogens is 2. The first-order valence-electron chi connectivity index (χ1n) is 8.15. The fourth-order valence-corrected chi connectivity index (χ4v) is 3.18. The maximum Gasteiger partial charge on any atom is 0.223 e. The topological polar surface area (TPSA) is 89.8 Å². The minimum atomic E-state index is -0.964. The second-order valence-corrected chi connectivity index (χ2v) is 6.70. The Morgan fingerprint density at radius 1 is 1.46 bits per heavy atom. The molecule has 1 saturated heterocycles. The van der Waals surface area contributed by atoms with Gasteiger partial charge in [-0.1, -0.05) is 26.0 Å². The largest absolute Gasteiger partial charge is 0.342 e. The minimum Gasteiger partial charge on any atom is -0.342 e. The van der Waals surface area contributed by atoms with Crippen LogP contribution in [0.1, 0.15) is 32.0 Å². The SMILES string of the molecule is CC(C)CN1C[C@@H](C(=O)[C@@H](C#N)c2nc3ccccc3[nH]2)CC1=O. The van der Waals surface area contributed by atoms with Crippen LogP contribution in [0.3, 0.4) is 0 Å². The number of ketones is 1. The molecule has 1 amide bonds. The van der Waals surface area contributed by atoms with E-state index in [9.17, 15) is 14.9 Å². The Morgan fingerprint density at radius 3 is 2.88 bits per heavy atom. The number of nitrogens with one attached hydrogen (secondary N) is 1. The van der Waals surface area contributed by atoms with Crippen molar-refractivity contribution in [2.24, 2.45) is 11.8 Å². The van der Waals surface area contributed by atoms with E-state index in [-0.39, 0.29) is 18.1 Å². The monoisotopic (exact) mass is 324 g/mol. The highest BCUT2D eigenvalue weighted by Gasteiger charge is 2.38. The zero-order valence-corrected chi connectivity index (χ0v) is 13.8. The number of Topliss-reactive ketones (excluding diaryl/α,β-unsaturated/α-hetero) is 1. The molecule has 24 heavy (non-hydrogen) atoms. The summed E-state index contributed by atoms with van der Waals surface area (Å²) >= 11 is 0. The molecule has 2 atom stereocenters. The van der Waals surface area contributed by atoms with Crippen LogP contribution in [0.15, 0.2) is 24.3 Å². The van der Waals surface area contributed by atoms with Gasteiger partial charge in [-0.25, -0.2) is 4.98 Å². The number of carbonyl (C=O) groups excluding carboxylic acids is 2. The molecule has 1 aliphatic heterocycles. The van der Waals surface area contributed by atoms with Gasteiger partial charge in [0.1, 0.15) is 5.82 Å². The maximum atomic E-state index is 12.8. The molecule has 6 heteroatoms. The van der Waals surface area contributed by atoms with E-state index in [1.807, 2.05) is 38.1 Å². The lowest BCUT2D eigenvalue weighted by molar-refractivity contribution is -0.129. The van der Waals surface area contributed by atoms with E-state index in [1.54, 1.807) is 4.90 Å². The fraction of sp³-hybridized carbons (Fsp3) is 0.444. The summed E-state index contributed by atoms with van der Waals surface area (Å²) in [5.74, 6) is -0.925. The summed E-state index contributed by atoms with van der Waals surface area (Å²) < 4.78 is 0. The van der Waals surface area contributed by atoms with Crippen molar-refractivity contribution in [1.82, 2.24) is 14.9 Å². The third-order valence-electron chi connectivity index (χ3n) is 4.30. The molecule has 0 unspecified atom stereocenters. The third-order valence-corrected chi connectivity index (χ3v) is 4.30. The number of nitrogens with zero attached hydrogens (tertiary/aromatic N) is 3. The Labute approximate surface area is 140 Å². The van der Waals surface area contributed by atoms with Crippen LogP contribution in [-0.4, -0.2) is 39.6 Å². The number of H-pyrrole nitrogens is 1. The number of fused-ring (bicyclic) bond motifs is 1. The molecule has 1 fully saturated rings. The molecule has 1 aliphatic rings. The minimum absolute atomic E-state index is 0.0108. The lowest BCUT2D eigenvalue weighted by atomic mass is 9.92. The van der Waals surface area contributed by atoms with E-state index in [2.05, 4.69) is 16.0 Å². The molecule has 1 aromatic carbocycles. The van der Waals surface area contributed by atoms with E-state index in [1.165, 1.54) is 0 Å². The number of nitriles is 1. The fourth-order valence-electron chi connectivity index (χ4n) is 3.18. The molecule has 1 aromatic heterocycles. The summed E-state index contributed by atoms with van der Waals surface area (Å²) in [7, 11) is 0. The molecule has 0 bridgehead atoms. The molecular weight excluding hydrogens is 304 g/mol. The third kappa shape index (κ3) is 3.02. The van der Waals surface area contributed by atoms with Gasteiger partial charge < -0.3 is 9.88 Å². The number of carbonyl (C=O) groups is 2. The predicted molar refractivity (Wildman–Crippen MR) is 89.0 cm³/mol. The molecule has 2 aromatic rings. The highest BCUT2D eigenvalue weighted by Crippen LogP contribution is 2.27. The van der Waals surface area contributed by atoms with Crippen molar-refractivity contribution in [3.05, 3.63) is 30.1 Å². The van der Waals surface area contributed by atoms with Crippen LogP contribution in [-0.2, 0) is 9.59 Å². The molecule has 0 radical (unpaired) electrons. The van der Waals surface area contributed by atoms with Crippen LogP contribution in [0.5, 0.6) is 0 Å². The van der Waals surface area contributed by atoms with Crippen LogP contribution < -0.4 is 0 Å². The Balaban J connectivity index is 1.80. The molecular formula is C18H20N4O2. The molecule has 0 saturated carbocycles. The van der Waals surface area contributed by atoms with Crippen LogP contribution in [0.4, 0.5) is 0 Å². The normalized spacial score (nSPS) is 19.0. The smallest absolute Gasteiger partial charge is 0.223 e. The second-order valence-electron chi connectivity index (χ2n) is 6.70. The quantitative estimate of drug-likeness (QED) is 0.913. The van der Waals surface area contributed by atoms with Crippen molar-refractivity contribution in [1.29, 1.82) is 5.26 Å². The number of hydrogen-bond donors (Lipinski definition) is 1. The van der Waals surface area contributed by atoms with E-state index < -0.39 is 11.8 Å². The van der Waals surface area contributed by atoms with Crippen molar-refractivity contribution in [2.75, 3.05) is 13.1 Å². The van der Waals surface area contributed by atoms with Crippen LogP contribution in [0, 0.1) is 23.2 Å². The average Bonchev–Trinajstić information content (AvgIpc) is 3.11. The predicted octanol–water partition coefficient (Wildman–Crippen LogP) is 2.24. The van der Waals surface area contributed by atoms with Gasteiger partial charge in [0.05, 0.1) is 17.1 Å². The number of para-hydroxylation sites is 2. The van der Waals surface area contributed by atoms with Crippen molar-refractivity contribution < 1.29 is 9.59 Å². The van der Waals surface area contributed by atoms with Gasteiger partial charge >= 0.3 is 0 Å². The number of rotatable bonds is 5. The van der Waals surface area contributed by atoms with Gasteiger partial charge in [0.2, 0.25) is 5.91 Å². The van der Waals surface area contributed by atoms with Crippen LogP contribution in [0.2, 0.25) is 0 Å². The first kappa shape index (κ1) is 16.2. The molecule has 124 valence electrons. The average molecular weight is 324 g/mol. The number of hydrogen-bond acceptors (Lipinski definition) is 4. The van der Waals surface area contributed by atoms with Gasteiger partial charge in [-0.15, -0.1) is 0 Å². The van der Waals surface area contributed by atoms with E-state index in [4.69, 9.17) is 0 Å². The summed E-state index contributed by atoms with van der Waals surface area (Å²) in [6.07, 6.45) is 0.184. The molecule has 0 spiro atoms. The van der Waals surface area contributed by atoms with Gasteiger partial charge in [-0.3, -0.25) is 9.59 Å². The number of amides is 1. The Morgan fingerprint density at radius 2 is 2.21 bits per heavy atom. The molecule has 0 aliphatic carbocycles. The van der Waals surface area contributed by atoms with Gasteiger partial charge in [-0.2, -0.15) is 5.26 Å². The number of benzene rings is 1. The van der Waals surface area contributed by atoms with Crippen molar-refractivity contribution >= 4 is 22.7 Å². The zero-order chi connectivity index (χ0) is 17.3. The van der Waals surface area contributed by atoms with Crippen LogP contribution >= 0.6 is 0 Å². The maximum absolute atomic E-state index is 12.8. The van der Waals surface area contributed by atoms with Crippen molar-refractivity contribution in [3.8, 4) is 6.07 Å². The highest BCUT2D eigenvalue weighted by atomic mass is 16.2. The summed E-state index contributed by atoms with van der Waals surface area (Å²) in [5, 5.41) is 9.48. The Bertz CT molecular complexity index is 785.